The third-order valence-electron chi connectivity index (χ3n) is 3.49. The highest BCUT2D eigenvalue weighted by Crippen LogP contribution is 2.29. The second-order valence-electron chi connectivity index (χ2n) is 6.55. The van der Waals surface area contributed by atoms with Crippen molar-refractivity contribution < 1.29 is 4.79 Å². The Hall–Kier alpha value is -0.570. The third-order valence-corrected chi connectivity index (χ3v) is 3.49. The van der Waals surface area contributed by atoms with Gasteiger partial charge >= 0.3 is 0 Å². The SMILES string of the molecule is CCCC(CN)(CCC)C(=O)NCCC(C)(C)C. The van der Waals surface area contributed by atoms with E-state index < -0.39 is 0 Å². The molecule has 0 bridgehead atoms. The number of hydrogen-bond acceptors (Lipinski definition) is 2. The lowest BCUT2D eigenvalue weighted by Crippen LogP contribution is -2.46. The van der Waals surface area contributed by atoms with Gasteiger partial charge < -0.3 is 11.1 Å². The van der Waals surface area contributed by atoms with E-state index in [2.05, 4.69) is 39.9 Å². The summed E-state index contributed by atoms with van der Waals surface area (Å²) in [6, 6.07) is 0. The number of rotatable bonds is 8. The van der Waals surface area contributed by atoms with Crippen LogP contribution in [0.4, 0.5) is 0 Å². The van der Waals surface area contributed by atoms with Crippen LogP contribution in [-0.4, -0.2) is 19.0 Å². The molecule has 18 heavy (non-hydrogen) atoms. The van der Waals surface area contributed by atoms with Crippen molar-refractivity contribution in [2.75, 3.05) is 13.1 Å². The van der Waals surface area contributed by atoms with Gasteiger partial charge in [0, 0.05) is 13.1 Å². The Morgan fingerprint density at radius 3 is 1.89 bits per heavy atom. The molecule has 0 aromatic heterocycles. The summed E-state index contributed by atoms with van der Waals surface area (Å²) in [7, 11) is 0. The largest absolute Gasteiger partial charge is 0.356 e. The minimum atomic E-state index is -0.346. The fraction of sp³-hybridized carbons (Fsp3) is 0.933. The van der Waals surface area contributed by atoms with Crippen LogP contribution in [-0.2, 0) is 4.79 Å². The Kier molecular flexibility index (Phi) is 7.53. The topological polar surface area (TPSA) is 55.1 Å². The Morgan fingerprint density at radius 1 is 1.06 bits per heavy atom. The fourth-order valence-electron chi connectivity index (χ4n) is 2.34. The van der Waals surface area contributed by atoms with Crippen LogP contribution in [0.15, 0.2) is 0 Å². The van der Waals surface area contributed by atoms with E-state index in [0.29, 0.717) is 6.54 Å². The van der Waals surface area contributed by atoms with Gasteiger partial charge in [0.05, 0.1) is 5.41 Å². The number of nitrogens with one attached hydrogen (secondary N) is 1. The first-order valence-electron chi connectivity index (χ1n) is 7.29. The van der Waals surface area contributed by atoms with Gasteiger partial charge in [-0.15, -0.1) is 0 Å². The second kappa shape index (κ2) is 7.78. The van der Waals surface area contributed by atoms with Gasteiger partial charge in [-0.2, -0.15) is 0 Å². The van der Waals surface area contributed by atoms with Gasteiger partial charge in [-0.05, 0) is 24.7 Å². The van der Waals surface area contributed by atoms with Crippen molar-refractivity contribution in [3.8, 4) is 0 Å². The first kappa shape index (κ1) is 17.4. The van der Waals surface area contributed by atoms with Crippen molar-refractivity contribution in [2.45, 2.75) is 66.7 Å². The van der Waals surface area contributed by atoms with Crippen molar-refractivity contribution in [1.29, 1.82) is 0 Å². The van der Waals surface area contributed by atoms with E-state index in [-0.39, 0.29) is 16.7 Å². The second-order valence-corrected chi connectivity index (χ2v) is 6.55. The molecular formula is C15H32N2O. The summed E-state index contributed by atoms with van der Waals surface area (Å²) in [5, 5.41) is 3.08. The molecule has 0 fully saturated rings. The molecule has 0 rings (SSSR count). The first-order valence-corrected chi connectivity index (χ1v) is 7.29. The minimum absolute atomic E-state index is 0.151. The van der Waals surface area contributed by atoms with Gasteiger partial charge in [-0.3, -0.25) is 4.79 Å². The number of hydrogen-bond donors (Lipinski definition) is 2. The molecule has 0 aromatic carbocycles. The molecule has 0 unspecified atom stereocenters. The summed E-state index contributed by atoms with van der Waals surface area (Å²) in [4.78, 5) is 12.4. The molecule has 0 spiro atoms. The number of carbonyl (C=O) groups is 1. The van der Waals surface area contributed by atoms with Crippen LogP contribution in [0.5, 0.6) is 0 Å². The van der Waals surface area contributed by atoms with Crippen LogP contribution < -0.4 is 11.1 Å². The minimum Gasteiger partial charge on any atom is -0.356 e. The maximum Gasteiger partial charge on any atom is 0.227 e. The van der Waals surface area contributed by atoms with E-state index in [9.17, 15) is 4.79 Å². The molecule has 0 radical (unpaired) electrons. The zero-order valence-electron chi connectivity index (χ0n) is 12.9. The molecule has 0 atom stereocenters. The van der Waals surface area contributed by atoms with Crippen molar-refractivity contribution in [3.63, 3.8) is 0 Å². The quantitative estimate of drug-likeness (QED) is 0.701. The van der Waals surface area contributed by atoms with Gasteiger partial charge in [0.1, 0.15) is 0 Å². The average molecular weight is 256 g/mol. The summed E-state index contributed by atoms with van der Waals surface area (Å²) < 4.78 is 0. The molecule has 3 N–H and O–H groups in total. The normalized spacial score (nSPS) is 12.6. The average Bonchev–Trinajstić information content (AvgIpc) is 2.26. The Labute approximate surface area is 113 Å². The predicted octanol–water partition coefficient (Wildman–Crippen LogP) is 3.08. The van der Waals surface area contributed by atoms with Crippen LogP contribution in [0.25, 0.3) is 0 Å². The Balaban J connectivity index is 4.46. The van der Waals surface area contributed by atoms with Gasteiger partial charge in [-0.25, -0.2) is 0 Å². The van der Waals surface area contributed by atoms with Crippen LogP contribution in [0.2, 0.25) is 0 Å². The maximum atomic E-state index is 12.4. The van der Waals surface area contributed by atoms with E-state index in [4.69, 9.17) is 5.73 Å². The molecule has 0 saturated heterocycles. The van der Waals surface area contributed by atoms with Gasteiger partial charge in [0.2, 0.25) is 5.91 Å². The number of nitrogens with two attached hydrogens (primary N) is 1. The van der Waals surface area contributed by atoms with Crippen molar-refractivity contribution in [2.24, 2.45) is 16.6 Å². The van der Waals surface area contributed by atoms with Gasteiger partial charge in [0.25, 0.3) is 0 Å². The van der Waals surface area contributed by atoms with Crippen LogP contribution in [0.3, 0.4) is 0 Å². The molecule has 1 amide bonds. The van der Waals surface area contributed by atoms with E-state index in [1.54, 1.807) is 0 Å². The molecule has 0 aromatic rings. The standard InChI is InChI=1S/C15H32N2O/c1-6-8-15(12-16,9-7-2)13(18)17-11-10-14(3,4)5/h6-12,16H2,1-5H3,(H,17,18). The van der Waals surface area contributed by atoms with Crippen LogP contribution in [0, 0.1) is 10.8 Å². The summed E-state index contributed by atoms with van der Waals surface area (Å²) in [5.41, 5.74) is 5.79. The molecule has 0 saturated carbocycles. The van der Waals surface area contributed by atoms with E-state index in [1.807, 2.05) is 0 Å². The summed E-state index contributed by atoms with van der Waals surface area (Å²) in [6.07, 6.45) is 4.78. The maximum absolute atomic E-state index is 12.4. The number of amides is 1. The molecule has 0 aliphatic rings. The van der Waals surface area contributed by atoms with E-state index in [1.165, 1.54) is 0 Å². The smallest absolute Gasteiger partial charge is 0.227 e. The predicted molar refractivity (Wildman–Crippen MR) is 78.4 cm³/mol. The molecule has 3 nitrogen and oxygen atoms in total. The summed E-state index contributed by atoms with van der Waals surface area (Å²) in [5.74, 6) is 0.151. The van der Waals surface area contributed by atoms with Crippen LogP contribution >= 0.6 is 0 Å². The molecular weight excluding hydrogens is 224 g/mol. The number of carbonyl (C=O) groups excluding carboxylic acids is 1. The molecule has 108 valence electrons. The van der Waals surface area contributed by atoms with Crippen LogP contribution in [0.1, 0.15) is 66.7 Å². The lowest BCUT2D eigenvalue weighted by molar-refractivity contribution is -0.131. The molecule has 3 heteroatoms. The summed E-state index contributed by atoms with van der Waals surface area (Å²) in [6.45, 7) is 12.0. The zero-order chi connectivity index (χ0) is 14.2. The molecule has 0 aliphatic heterocycles. The first-order chi connectivity index (χ1) is 8.31. The highest BCUT2D eigenvalue weighted by atomic mass is 16.2. The monoisotopic (exact) mass is 256 g/mol. The Morgan fingerprint density at radius 2 is 1.56 bits per heavy atom. The Bertz CT molecular complexity index is 237. The lowest BCUT2D eigenvalue weighted by Gasteiger charge is -2.31. The van der Waals surface area contributed by atoms with Crippen molar-refractivity contribution >= 4 is 5.91 Å². The van der Waals surface area contributed by atoms with Crippen molar-refractivity contribution in [3.05, 3.63) is 0 Å². The third kappa shape index (κ3) is 5.85. The van der Waals surface area contributed by atoms with E-state index >= 15 is 0 Å². The highest BCUT2D eigenvalue weighted by Gasteiger charge is 2.34. The molecule has 0 heterocycles. The van der Waals surface area contributed by atoms with Gasteiger partial charge in [-0.1, -0.05) is 47.5 Å². The fourth-order valence-corrected chi connectivity index (χ4v) is 2.34. The van der Waals surface area contributed by atoms with Crippen molar-refractivity contribution in [1.82, 2.24) is 5.32 Å². The zero-order valence-corrected chi connectivity index (χ0v) is 12.9. The molecule has 0 aliphatic carbocycles. The highest BCUT2D eigenvalue weighted by molar-refractivity contribution is 5.82. The lowest BCUT2D eigenvalue weighted by atomic mass is 9.78. The van der Waals surface area contributed by atoms with Gasteiger partial charge in [0.15, 0.2) is 0 Å². The summed E-state index contributed by atoms with van der Waals surface area (Å²) >= 11 is 0. The van der Waals surface area contributed by atoms with E-state index in [0.717, 1.165) is 38.6 Å².